The average Bonchev–Trinajstić information content (AvgIpc) is 2.18. The standard InChI is InChI=1S/C11H18O3/c1-3-4-8-13-11(12)10-7-5-6-9(2)14-10/h5-6,9-10H,3-4,7-8H2,1-2H3/t9-,10-/m1/s1. The van der Waals surface area contributed by atoms with Crippen LogP contribution in [0.3, 0.4) is 0 Å². The van der Waals surface area contributed by atoms with Gasteiger partial charge in [-0.05, 0) is 13.3 Å². The summed E-state index contributed by atoms with van der Waals surface area (Å²) in [5.41, 5.74) is 0. The Bertz CT molecular complexity index is 211. The van der Waals surface area contributed by atoms with Gasteiger partial charge in [0.15, 0.2) is 6.10 Å². The van der Waals surface area contributed by atoms with E-state index in [2.05, 4.69) is 6.92 Å². The number of hydrogen-bond donors (Lipinski definition) is 0. The average molecular weight is 198 g/mol. The van der Waals surface area contributed by atoms with Crippen LogP contribution in [0.25, 0.3) is 0 Å². The van der Waals surface area contributed by atoms with Crippen LogP contribution >= 0.6 is 0 Å². The largest absolute Gasteiger partial charge is 0.464 e. The lowest BCUT2D eigenvalue weighted by atomic mass is 10.1. The van der Waals surface area contributed by atoms with E-state index in [0.29, 0.717) is 13.0 Å². The maximum atomic E-state index is 11.4. The van der Waals surface area contributed by atoms with E-state index < -0.39 is 6.10 Å². The molecular weight excluding hydrogens is 180 g/mol. The van der Waals surface area contributed by atoms with Crippen LogP contribution in [0.2, 0.25) is 0 Å². The van der Waals surface area contributed by atoms with Gasteiger partial charge in [-0.25, -0.2) is 4.79 Å². The van der Waals surface area contributed by atoms with Gasteiger partial charge in [0.2, 0.25) is 0 Å². The molecule has 1 heterocycles. The molecule has 0 saturated heterocycles. The predicted octanol–water partition coefficient (Wildman–Crippen LogP) is 2.06. The van der Waals surface area contributed by atoms with Crippen molar-refractivity contribution in [2.24, 2.45) is 0 Å². The fraction of sp³-hybridized carbons (Fsp3) is 0.727. The fourth-order valence-electron chi connectivity index (χ4n) is 1.32. The van der Waals surface area contributed by atoms with Crippen LogP contribution in [-0.4, -0.2) is 24.8 Å². The molecule has 0 radical (unpaired) electrons. The highest BCUT2D eigenvalue weighted by Gasteiger charge is 2.23. The van der Waals surface area contributed by atoms with Gasteiger partial charge in [0.1, 0.15) is 0 Å². The van der Waals surface area contributed by atoms with Gasteiger partial charge in [0.25, 0.3) is 0 Å². The van der Waals surface area contributed by atoms with Gasteiger partial charge in [0.05, 0.1) is 12.7 Å². The van der Waals surface area contributed by atoms with Crippen LogP contribution in [-0.2, 0) is 14.3 Å². The molecular formula is C11H18O3. The quantitative estimate of drug-likeness (QED) is 0.394. The van der Waals surface area contributed by atoms with E-state index in [0.717, 1.165) is 12.8 Å². The van der Waals surface area contributed by atoms with Crippen LogP contribution in [0.4, 0.5) is 0 Å². The number of hydrogen-bond acceptors (Lipinski definition) is 3. The fourth-order valence-corrected chi connectivity index (χ4v) is 1.32. The summed E-state index contributed by atoms with van der Waals surface area (Å²) in [5, 5.41) is 0. The van der Waals surface area contributed by atoms with Crippen molar-refractivity contribution in [1.29, 1.82) is 0 Å². The van der Waals surface area contributed by atoms with Crippen LogP contribution in [0.5, 0.6) is 0 Å². The van der Waals surface area contributed by atoms with Gasteiger partial charge in [-0.2, -0.15) is 0 Å². The number of unbranched alkanes of at least 4 members (excludes halogenated alkanes) is 1. The molecule has 0 saturated carbocycles. The molecule has 80 valence electrons. The molecule has 14 heavy (non-hydrogen) atoms. The van der Waals surface area contributed by atoms with Crippen molar-refractivity contribution < 1.29 is 14.3 Å². The zero-order valence-electron chi connectivity index (χ0n) is 8.86. The Hall–Kier alpha value is -0.830. The van der Waals surface area contributed by atoms with Crippen molar-refractivity contribution in [3.63, 3.8) is 0 Å². The second kappa shape index (κ2) is 5.81. The van der Waals surface area contributed by atoms with Crippen LogP contribution in [0.1, 0.15) is 33.1 Å². The molecule has 0 aromatic rings. The molecule has 0 spiro atoms. The molecule has 0 fully saturated rings. The minimum absolute atomic E-state index is 0.0208. The second-order valence-corrected chi connectivity index (χ2v) is 3.51. The minimum Gasteiger partial charge on any atom is -0.464 e. The van der Waals surface area contributed by atoms with Crippen LogP contribution in [0.15, 0.2) is 12.2 Å². The zero-order chi connectivity index (χ0) is 10.4. The Morgan fingerprint density at radius 3 is 3.07 bits per heavy atom. The van der Waals surface area contributed by atoms with Gasteiger partial charge in [-0.1, -0.05) is 25.5 Å². The van der Waals surface area contributed by atoms with E-state index >= 15 is 0 Å². The Labute approximate surface area is 85.1 Å². The molecule has 1 aliphatic heterocycles. The van der Waals surface area contributed by atoms with E-state index in [4.69, 9.17) is 9.47 Å². The monoisotopic (exact) mass is 198 g/mol. The van der Waals surface area contributed by atoms with Gasteiger partial charge in [-0.15, -0.1) is 0 Å². The number of rotatable bonds is 4. The number of carbonyl (C=O) groups excluding carboxylic acids is 1. The van der Waals surface area contributed by atoms with Crippen molar-refractivity contribution in [2.75, 3.05) is 6.61 Å². The van der Waals surface area contributed by atoms with E-state index in [1.54, 1.807) is 0 Å². The normalized spacial score (nSPS) is 26.1. The molecule has 0 amide bonds. The summed E-state index contributed by atoms with van der Waals surface area (Å²) in [7, 11) is 0. The summed E-state index contributed by atoms with van der Waals surface area (Å²) >= 11 is 0. The van der Waals surface area contributed by atoms with Crippen molar-refractivity contribution >= 4 is 5.97 Å². The Morgan fingerprint density at radius 2 is 2.43 bits per heavy atom. The minimum atomic E-state index is -0.396. The highest BCUT2D eigenvalue weighted by Crippen LogP contribution is 2.13. The van der Waals surface area contributed by atoms with Crippen molar-refractivity contribution in [1.82, 2.24) is 0 Å². The van der Waals surface area contributed by atoms with Gasteiger partial charge >= 0.3 is 5.97 Å². The van der Waals surface area contributed by atoms with E-state index in [1.807, 2.05) is 19.1 Å². The molecule has 3 heteroatoms. The van der Waals surface area contributed by atoms with Crippen molar-refractivity contribution in [3.05, 3.63) is 12.2 Å². The highest BCUT2D eigenvalue weighted by molar-refractivity contribution is 5.75. The lowest BCUT2D eigenvalue weighted by Crippen LogP contribution is -2.31. The Balaban J connectivity index is 2.27. The third-order valence-corrected chi connectivity index (χ3v) is 2.14. The first-order chi connectivity index (χ1) is 6.74. The molecule has 3 nitrogen and oxygen atoms in total. The van der Waals surface area contributed by atoms with E-state index in [9.17, 15) is 4.79 Å². The molecule has 0 aliphatic carbocycles. The molecule has 0 N–H and O–H groups in total. The number of carbonyl (C=O) groups is 1. The zero-order valence-corrected chi connectivity index (χ0v) is 8.86. The SMILES string of the molecule is CCCCOC(=O)[C@H]1CC=C[C@@H](C)O1. The van der Waals surface area contributed by atoms with Crippen molar-refractivity contribution in [3.8, 4) is 0 Å². The molecule has 0 aromatic carbocycles. The first-order valence-corrected chi connectivity index (χ1v) is 5.22. The summed E-state index contributed by atoms with van der Waals surface area (Å²) in [6, 6.07) is 0. The van der Waals surface area contributed by atoms with E-state index in [1.165, 1.54) is 0 Å². The third-order valence-electron chi connectivity index (χ3n) is 2.14. The summed E-state index contributed by atoms with van der Waals surface area (Å²) in [6.45, 7) is 4.49. The molecule has 2 atom stereocenters. The lowest BCUT2D eigenvalue weighted by molar-refractivity contribution is -0.159. The van der Waals surface area contributed by atoms with Gasteiger partial charge in [-0.3, -0.25) is 0 Å². The Kier molecular flexibility index (Phi) is 4.66. The molecule has 0 aromatic heterocycles. The summed E-state index contributed by atoms with van der Waals surface area (Å²) in [4.78, 5) is 11.4. The molecule has 0 bridgehead atoms. The van der Waals surface area contributed by atoms with Gasteiger partial charge in [0, 0.05) is 6.42 Å². The predicted molar refractivity (Wildman–Crippen MR) is 54.0 cm³/mol. The number of ether oxygens (including phenoxy) is 2. The third kappa shape index (κ3) is 3.50. The first kappa shape index (κ1) is 11.2. The van der Waals surface area contributed by atoms with E-state index in [-0.39, 0.29) is 12.1 Å². The topological polar surface area (TPSA) is 35.5 Å². The summed E-state index contributed by atoms with van der Waals surface area (Å²) in [6.07, 6.45) is 6.14. The summed E-state index contributed by atoms with van der Waals surface area (Å²) in [5.74, 6) is -0.227. The highest BCUT2D eigenvalue weighted by atomic mass is 16.6. The maximum Gasteiger partial charge on any atom is 0.335 e. The maximum absolute atomic E-state index is 11.4. The first-order valence-electron chi connectivity index (χ1n) is 5.22. The second-order valence-electron chi connectivity index (χ2n) is 3.51. The molecule has 0 unspecified atom stereocenters. The lowest BCUT2D eigenvalue weighted by Gasteiger charge is -2.21. The van der Waals surface area contributed by atoms with Crippen molar-refractivity contribution in [2.45, 2.75) is 45.3 Å². The smallest absolute Gasteiger partial charge is 0.335 e. The van der Waals surface area contributed by atoms with Crippen LogP contribution < -0.4 is 0 Å². The number of esters is 1. The molecule has 1 aliphatic rings. The Morgan fingerprint density at radius 1 is 1.64 bits per heavy atom. The van der Waals surface area contributed by atoms with Gasteiger partial charge < -0.3 is 9.47 Å². The summed E-state index contributed by atoms with van der Waals surface area (Å²) < 4.78 is 10.5. The molecule has 1 rings (SSSR count). The van der Waals surface area contributed by atoms with Crippen LogP contribution in [0, 0.1) is 0 Å².